The first-order valence-electron chi connectivity index (χ1n) is 8.39. The van der Waals surface area contributed by atoms with Crippen molar-refractivity contribution in [1.29, 1.82) is 0 Å². The number of carbonyl (C=O) groups is 1. The van der Waals surface area contributed by atoms with Gasteiger partial charge in [-0.05, 0) is 31.4 Å². The molecule has 0 bridgehead atoms. The number of aliphatic hydroxyl groups is 1. The summed E-state index contributed by atoms with van der Waals surface area (Å²) < 4.78 is 0. The number of anilines is 1. The van der Waals surface area contributed by atoms with Gasteiger partial charge < -0.3 is 14.9 Å². The Labute approximate surface area is 147 Å². The third kappa shape index (κ3) is 3.93. The van der Waals surface area contributed by atoms with Gasteiger partial charge in [0.05, 0.1) is 18.3 Å². The van der Waals surface area contributed by atoms with Crippen molar-refractivity contribution in [1.82, 2.24) is 19.9 Å². The highest BCUT2D eigenvalue weighted by Crippen LogP contribution is 2.25. The number of pyridine rings is 1. The van der Waals surface area contributed by atoms with Crippen LogP contribution >= 0.6 is 0 Å². The van der Waals surface area contributed by atoms with Crippen LogP contribution in [0.5, 0.6) is 0 Å². The molecule has 132 valence electrons. The van der Waals surface area contributed by atoms with Crippen molar-refractivity contribution in [3.63, 3.8) is 0 Å². The molecule has 0 radical (unpaired) electrons. The molecule has 3 rings (SSSR count). The molecule has 0 saturated carbocycles. The highest BCUT2D eigenvalue weighted by molar-refractivity contribution is 5.93. The summed E-state index contributed by atoms with van der Waals surface area (Å²) in [6.07, 6.45) is 8.04. The van der Waals surface area contributed by atoms with Gasteiger partial charge in [-0.1, -0.05) is 6.07 Å². The molecule has 25 heavy (non-hydrogen) atoms. The second-order valence-corrected chi connectivity index (χ2v) is 6.64. The molecule has 1 N–H and O–H groups in total. The quantitative estimate of drug-likeness (QED) is 0.902. The Morgan fingerprint density at radius 2 is 2.20 bits per heavy atom. The topological polar surface area (TPSA) is 82.5 Å². The maximum absolute atomic E-state index is 12.6. The predicted molar refractivity (Wildman–Crippen MR) is 94.4 cm³/mol. The number of nitrogens with zero attached hydrogens (tertiary/aromatic N) is 5. The fourth-order valence-electron chi connectivity index (χ4n) is 3.30. The first-order valence-corrected chi connectivity index (χ1v) is 8.39. The van der Waals surface area contributed by atoms with Crippen LogP contribution in [-0.4, -0.2) is 63.1 Å². The maximum atomic E-state index is 12.6. The molecular formula is C18H23N5O2. The molecule has 2 aromatic heterocycles. The molecule has 3 heterocycles. The number of aryl methyl sites for hydroxylation is 1. The average Bonchev–Trinajstić information content (AvgIpc) is 2.62. The zero-order valence-corrected chi connectivity index (χ0v) is 14.6. The van der Waals surface area contributed by atoms with Gasteiger partial charge in [-0.15, -0.1) is 0 Å². The van der Waals surface area contributed by atoms with Crippen molar-refractivity contribution in [2.45, 2.75) is 25.4 Å². The lowest BCUT2D eigenvalue weighted by molar-refractivity contribution is -0.000313. The van der Waals surface area contributed by atoms with E-state index in [2.05, 4.69) is 15.0 Å². The van der Waals surface area contributed by atoms with E-state index in [4.69, 9.17) is 0 Å². The van der Waals surface area contributed by atoms with Crippen molar-refractivity contribution < 1.29 is 9.90 Å². The molecule has 0 aromatic carbocycles. The summed E-state index contributed by atoms with van der Waals surface area (Å²) in [5.74, 6) is 0.568. The summed E-state index contributed by atoms with van der Waals surface area (Å²) in [5.41, 5.74) is 0.273. The highest BCUT2D eigenvalue weighted by atomic mass is 16.3. The Balaban J connectivity index is 1.70. The van der Waals surface area contributed by atoms with Gasteiger partial charge in [0.1, 0.15) is 11.5 Å². The van der Waals surface area contributed by atoms with Crippen LogP contribution < -0.4 is 4.90 Å². The third-order valence-corrected chi connectivity index (χ3v) is 4.52. The van der Waals surface area contributed by atoms with Gasteiger partial charge >= 0.3 is 0 Å². The number of amides is 1. The molecule has 1 aliphatic rings. The zero-order valence-electron chi connectivity index (χ0n) is 14.6. The maximum Gasteiger partial charge on any atom is 0.272 e. The SMILES string of the molecule is Cc1cccnc1C(=O)N(C)C[C@@]1(O)CCCN(c2cnccn2)C1. The number of likely N-dealkylation sites (N-methyl/N-ethyl adjacent to an activating group) is 1. The van der Waals surface area contributed by atoms with Crippen LogP contribution in [-0.2, 0) is 0 Å². The van der Waals surface area contributed by atoms with Crippen LogP contribution in [0, 0.1) is 6.92 Å². The fourth-order valence-corrected chi connectivity index (χ4v) is 3.30. The summed E-state index contributed by atoms with van der Waals surface area (Å²) >= 11 is 0. The van der Waals surface area contributed by atoms with E-state index in [0.717, 1.165) is 24.3 Å². The lowest BCUT2D eigenvalue weighted by Crippen LogP contribution is -2.55. The third-order valence-electron chi connectivity index (χ3n) is 4.52. The van der Waals surface area contributed by atoms with E-state index < -0.39 is 5.60 Å². The molecule has 1 amide bonds. The minimum absolute atomic E-state index is 0.178. The number of carbonyl (C=O) groups excluding carboxylic acids is 1. The molecule has 0 unspecified atom stereocenters. The lowest BCUT2D eigenvalue weighted by Gasteiger charge is -2.41. The Kier molecular flexibility index (Phi) is 4.94. The second-order valence-electron chi connectivity index (χ2n) is 6.64. The van der Waals surface area contributed by atoms with Crippen LogP contribution in [0.4, 0.5) is 5.82 Å². The molecule has 7 heteroatoms. The van der Waals surface area contributed by atoms with Crippen LogP contribution in [0.1, 0.15) is 28.9 Å². The van der Waals surface area contributed by atoms with Crippen LogP contribution in [0.2, 0.25) is 0 Å². The summed E-state index contributed by atoms with van der Waals surface area (Å²) in [6.45, 7) is 3.35. The number of rotatable bonds is 4. The molecule has 1 aliphatic heterocycles. The van der Waals surface area contributed by atoms with Crippen molar-refractivity contribution >= 4 is 11.7 Å². The molecule has 7 nitrogen and oxygen atoms in total. The Morgan fingerprint density at radius 3 is 2.92 bits per heavy atom. The standard InChI is InChI=1S/C18H23N5O2/c1-14-5-3-7-21-16(14)17(24)22(2)12-18(25)6-4-10-23(13-18)15-11-19-8-9-20-15/h3,5,7-9,11,25H,4,6,10,12-13H2,1-2H3/t18-/m0/s1. The minimum atomic E-state index is -0.983. The van der Waals surface area contributed by atoms with E-state index in [1.165, 1.54) is 0 Å². The van der Waals surface area contributed by atoms with E-state index in [1.807, 2.05) is 17.9 Å². The average molecular weight is 341 g/mol. The number of aromatic nitrogens is 3. The predicted octanol–water partition coefficient (Wildman–Crippen LogP) is 1.28. The Hall–Kier alpha value is -2.54. The van der Waals surface area contributed by atoms with Gasteiger partial charge in [0, 0.05) is 38.7 Å². The normalized spacial score (nSPS) is 20.4. The summed E-state index contributed by atoms with van der Waals surface area (Å²) in [4.78, 5) is 28.8. The minimum Gasteiger partial charge on any atom is -0.386 e. The van der Waals surface area contributed by atoms with Crippen LogP contribution in [0.25, 0.3) is 0 Å². The first kappa shape index (κ1) is 17.3. The second kappa shape index (κ2) is 7.14. The number of hydrogen-bond acceptors (Lipinski definition) is 6. The van der Waals surface area contributed by atoms with Crippen molar-refractivity contribution in [2.75, 3.05) is 31.6 Å². The monoisotopic (exact) mass is 341 g/mol. The van der Waals surface area contributed by atoms with E-state index in [0.29, 0.717) is 18.7 Å². The number of piperidine rings is 1. The number of hydrogen-bond donors (Lipinski definition) is 1. The van der Waals surface area contributed by atoms with Gasteiger partial charge in [-0.3, -0.25) is 14.8 Å². The lowest BCUT2D eigenvalue weighted by atomic mass is 9.92. The molecule has 1 atom stereocenters. The van der Waals surface area contributed by atoms with Gasteiger partial charge in [0.25, 0.3) is 5.91 Å². The van der Waals surface area contributed by atoms with Gasteiger partial charge in [0.15, 0.2) is 0 Å². The van der Waals surface area contributed by atoms with Crippen LogP contribution in [0.15, 0.2) is 36.9 Å². The largest absolute Gasteiger partial charge is 0.386 e. The molecule has 0 spiro atoms. The van der Waals surface area contributed by atoms with E-state index >= 15 is 0 Å². The summed E-state index contributed by atoms with van der Waals surface area (Å²) in [6, 6.07) is 3.67. The summed E-state index contributed by atoms with van der Waals surface area (Å²) in [7, 11) is 1.70. The number of β-amino-alcohol motifs (C(OH)–C–C–N with tert-alkyl or cyclic N) is 1. The fraction of sp³-hybridized carbons (Fsp3) is 0.444. The van der Waals surface area contributed by atoms with Gasteiger partial charge in [-0.25, -0.2) is 4.98 Å². The first-order chi connectivity index (χ1) is 12.0. The molecule has 0 aliphatic carbocycles. The van der Waals surface area contributed by atoms with E-state index in [1.54, 1.807) is 42.8 Å². The smallest absolute Gasteiger partial charge is 0.272 e. The molecular weight excluding hydrogens is 318 g/mol. The highest BCUT2D eigenvalue weighted by Gasteiger charge is 2.36. The molecule has 1 saturated heterocycles. The van der Waals surface area contributed by atoms with Crippen molar-refractivity contribution in [3.8, 4) is 0 Å². The van der Waals surface area contributed by atoms with Gasteiger partial charge in [0.2, 0.25) is 0 Å². The zero-order chi connectivity index (χ0) is 17.9. The van der Waals surface area contributed by atoms with Crippen LogP contribution in [0.3, 0.4) is 0 Å². The Bertz CT molecular complexity index is 739. The van der Waals surface area contributed by atoms with E-state index in [-0.39, 0.29) is 12.5 Å². The molecule has 2 aromatic rings. The van der Waals surface area contributed by atoms with Crippen molar-refractivity contribution in [2.24, 2.45) is 0 Å². The molecule has 1 fully saturated rings. The summed E-state index contributed by atoms with van der Waals surface area (Å²) in [5, 5.41) is 11.0. The Morgan fingerprint density at radius 1 is 1.36 bits per heavy atom. The van der Waals surface area contributed by atoms with Gasteiger partial charge in [-0.2, -0.15) is 0 Å². The van der Waals surface area contributed by atoms with Crippen molar-refractivity contribution in [3.05, 3.63) is 48.2 Å². The van der Waals surface area contributed by atoms with E-state index in [9.17, 15) is 9.90 Å².